The average molecular weight is 286 g/mol. The maximum atomic E-state index is 4.63. The number of rotatable bonds is 5. The number of aromatic nitrogens is 2. The summed E-state index contributed by atoms with van der Waals surface area (Å²) < 4.78 is 2.32. The van der Waals surface area contributed by atoms with Gasteiger partial charge in [-0.2, -0.15) is 0 Å². The Hall–Kier alpha value is -1.39. The average Bonchev–Trinajstić information content (AvgIpc) is 3.04. The van der Waals surface area contributed by atoms with Gasteiger partial charge in [0.05, 0.1) is 11.0 Å². The van der Waals surface area contributed by atoms with Crippen molar-refractivity contribution < 1.29 is 0 Å². The fraction of sp³-hybridized carbons (Fsp3) is 0.588. The van der Waals surface area contributed by atoms with E-state index in [2.05, 4.69) is 64.8 Å². The molecule has 1 atom stereocenters. The van der Waals surface area contributed by atoms with Crippen LogP contribution in [0.15, 0.2) is 24.3 Å². The molecule has 21 heavy (non-hydrogen) atoms. The zero-order chi connectivity index (χ0) is 14.8. The molecule has 2 heterocycles. The van der Waals surface area contributed by atoms with Gasteiger partial charge in [0.2, 0.25) is 0 Å². The van der Waals surface area contributed by atoms with Crippen LogP contribution in [-0.2, 0) is 6.54 Å². The zero-order valence-corrected chi connectivity index (χ0v) is 13.3. The van der Waals surface area contributed by atoms with Gasteiger partial charge in [0.15, 0.2) is 0 Å². The normalized spacial score (nSPS) is 19.9. The molecule has 0 spiro atoms. The second kappa shape index (κ2) is 6.16. The first-order valence-electron chi connectivity index (χ1n) is 8.04. The molecule has 3 rings (SSSR count). The fourth-order valence-corrected chi connectivity index (χ4v) is 3.28. The summed E-state index contributed by atoms with van der Waals surface area (Å²) in [5, 5.41) is 3.71. The van der Waals surface area contributed by atoms with Gasteiger partial charge in [-0.15, -0.1) is 0 Å². The van der Waals surface area contributed by atoms with E-state index in [4.69, 9.17) is 0 Å². The maximum Gasteiger partial charge on any atom is 0.106 e. The molecule has 1 unspecified atom stereocenters. The predicted octanol–water partition coefficient (Wildman–Crippen LogP) is 2.42. The smallest absolute Gasteiger partial charge is 0.106 e. The molecule has 1 aliphatic rings. The van der Waals surface area contributed by atoms with Crippen LogP contribution in [0.5, 0.6) is 0 Å². The second-order valence-corrected chi connectivity index (χ2v) is 6.33. The van der Waals surface area contributed by atoms with E-state index in [1.165, 1.54) is 25.0 Å². The van der Waals surface area contributed by atoms with Crippen LogP contribution in [0, 0.1) is 6.92 Å². The monoisotopic (exact) mass is 286 g/mol. The lowest BCUT2D eigenvalue weighted by Crippen LogP contribution is -2.36. The van der Waals surface area contributed by atoms with Crippen LogP contribution in [0.3, 0.4) is 0 Å². The molecule has 1 aliphatic heterocycles. The molecule has 4 nitrogen and oxygen atoms in total. The van der Waals surface area contributed by atoms with Gasteiger partial charge in [0.25, 0.3) is 0 Å². The first-order valence-corrected chi connectivity index (χ1v) is 8.04. The van der Waals surface area contributed by atoms with Gasteiger partial charge in [0.1, 0.15) is 5.82 Å². The molecule has 0 bridgehead atoms. The summed E-state index contributed by atoms with van der Waals surface area (Å²) in [7, 11) is 0. The van der Waals surface area contributed by atoms with Crippen molar-refractivity contribution >= 4 is 11.0 Å². The maximum absolute atomic E-state index is 4.63. The minimum absolute atomic E-state index is 0.641. The number of nitrogens with zero attached hydrogens (tertiary/aromatic N) is 3. The number of hydrogen-bond donors (Lipinski definition) is 1. The fourth-order valence-electron chi connectivity index (χ4n) is 3.28. The van der Waals surface area contributed by atoms with Crippen molar-refractivity contribution in [3.8, 4) is 0 Å². The third-order valence-corrected chi connectivity index (χ3v) is 4.56. The van der Waals surface area contributed by atoms with E-state index in [1.54, 1.807) is 0 Å². The van der Waals surface area contributed by atoms with Crippen LogP contribution in [0.2, 0.25) is 0 Å². The van der Waals surface area contributed by atoms with E-state index in [9.17, 15) is 0 Å². The molecular weight excluding hydrogens is 260 g/mol. The summed E-state index contributed by atoms with van der Waals surface area (Å²) in [4.78, 5) is 7.18. The first kappa shape index (κ1) is 14.5. The van der Waals surface area contributed by atoms with Crippen LogP contribution in [0.4, 0.5) is 0 Å². The number of fused-ring (bicyclic) bond motifs is 1. The first-order chi connectivity index (χ1) is 10.1. The molecule has 0 saturated carbocycles. The Morgan fingerprint density at radius 3 is 2.90 bits per heavy atom. The highest BCUT2D eigenvalue weighted by Crippen LogP contribution is 2.15. The van der Waals surface area contributed by atoms with Crippen molar-refractivity contribution in [2.75, 3.05) is 19.6 Å². The summed E-state index contributed by atoms with van der Waals surface area (Å²) in [5.74, 6) is 1.10. The Balaban J connectivity index is 1.57. The molecule has 114 valence electrons. The van der Waals surface area contributed by atoms with E-state index in [0.29, 0.717) is 12.1 Å². The highest BCUT2D eigenvalue weighted by molar-refractivity contribution is 5.75. The third kappa shape index (κ3) is 3.11. The Kier molecular flexibility index (Phi) is 4.27. The van der Waals surface area contributed by atoms with Crippen molar-refractivity contribution in [3.63, 3.8) is 0 Å². The Morgan fingerprint density at radius 2 is 2.14 bits per heavy atom. The quantitative estimate of drug-likeness (QED) is 0.916. The number of likely N-dealkylation sites (tertiary alicyclic amines) is 1. The number of aryl methyl sites for hydroxylation is 1. The lowest BCUT2D eigenvalue weighted by Gasteiger charge is -2.20. The van der Waals surface area contributed by atoms with Gasteiger partial charge >= 0.3 is 0 Å². The van der Waals surface area contributed by atoms with Crippen LogP contribution in [0.1, 0.15) is 26.1 Å². The van der Waals surface area contributed by atoms with E-state index in [1.807, 2.05) is 0 Å². The van der Waals surface area contributed by atoms with Gasteiger partial charge < -0.3 is 9.88 Å². The standard InChI is InChI=1S/C17H26N4/c1-13(2)20-10-8-15(12-20)18-9-11-21-14(3)19-16-6-4-5-7-17(16)21/h4-7,13,15,18H,8-12H2,1-3H3. The molecule has 1 aromatic carbocycles. The van der Waals surface area contributed by atoms with Crippen molar-refractivity contribution in [1.29, 1.82) is 0 Å². The lowest BCUT2D eigenvalue weighted by molar-refractivity contribution is 0.268. The van der Waals surface area contributed by atoms with Crippen molar-refractivity contribution in [3.05, 3.63) is 30.1 Å². The molecule has 1 fully saturated rings. The minimum atomic E-state index is 0.641. The molecule has 1 aromatic heterocycles. The topological polar surface area (TPSA) is 33.1 Å². The predicted molar refractivity (Wildman–Crippen MR) is 87.6 cm³/mol. The van der Waals surface area contributed by atoms with Gasteiger partial charge in [-0.05, 0) is 45.9 Å². The SMILES string of the molecule is Cc1nc2ccccc2n1CCNC1CCN(C(C)C)C1. The number of hydrogen-bond acceptors (Lipinski definition) is 3. The highest BCUT2D eigenvalue weighted by Gasteiger charge is 2.23. The number of para-hydroxylation sites is 2. The van der Waals surface area contributed by atoms with E-state index >= 15 is 0 Å². The van der Waals surface area contributed by atoms with Crippen LogP contribution >= 0.6 is 0 Å². The van der Waals surface area contributed by atoms with Crippen LogP contribution in [0.25, 0.3) is 11.0 Å². The zero-order valence-electron chi connectivity index (χ0n) is 13.3. The van der Waals surface area contributed by atoms with Gasteiger partial charge in [-0.3, -0.25) is 4.90 Å². The van der Waals surface area contributed by atoms with E-state index in [-0.39, 0.29) is 0 Å². The third-order valence-electron chi connectivity index (χ3n) is 4.56. The molecule has 0 radical (unpaired) electrons. The van der Waals surface area contributed by atoms with Crippen molar-refractivity contribution in [2.24, 2.45) is 0 Å². The molecule has 1 saturated heterocycles. The highest BCUT2D eigenvalue weighted by atomic mass is 15.2. The Morgan fingerprint density at radius 1 is 1.33 bits per heavy atom. The van der Waals surface area contributed by atoms with Gasteiger partial charge in [0, 0.05) is 31.7 Å². The molecule has 0 aliphatic carbocycles. The summed E-state index contributed by atoms with van der Waals surface area (Å²) in [5.41, 5.74) is 2.34. The Bertz CT molecular complexity index is 602. The molecule has 0 amide bonds. The van der Waals surface area contributed by atoms with Crippen molar-refractivity contribution in [1.82, 2.24) is 19.8 Å². The second-order valence-electron chi connectivity index (χ2n) is 6.33. The minimum Gasteiger partial charge on any atom is -0.327 e. The molecule has 2 aromatic rings. The number of benzene rings is 1. The summed E-state index contributed by atoms with van der Waals surface area (Å²) in [6.45, 7) is 11.1. The summed E-state index contributed by atoms with van der Waals surface area (Å²) in [6.07, 6.45) is 1.27. The lowest BCUT2D eigenvalue weighted by atomic mass is 10.2. The van der Waals surface area contributed by atoms with Gasteiger partial charge in [-0.25, -0.2) is 4.98 Å². The molecular formula is C17H26N4. The van der Waals surface area contributed by atoms with Crippen molar-refractivity contribution in [2.45, 2.75) is 45.8 Å². The Labute approximate surface area is 127 Å². The summed E-state index contributed by atoms with van der Waals surface area (Å²) >= 11 is 0. The van der Waals surface area contributed by atoms with Gasteiger partial charge in [-0.1, -0.05) is 12.1 Å². The number of nitrogens with one attached hydrogen (secondary N) is 1. The van der Waals surface area contributed by atoms with E-state index < -0.39 is 0 Å². The molecule has 1 N–H and O–H groups in total. The van der Waals surface area contributed by atoms with Crippen LogP contribution < -0.4 is 5.32 Å². The largest absolute Gasteiger partial charge is 0.327 e. The summed E-state index contributed by atoms with van der Waals surface area (Å²) in [6, 6.07) is 9.69. The number of imidazole rings is 1. The van der Waals surface area contributed by atoms with Crippen LogP contribution in [-0.4, -0.2) is 46.2 Å². The molecule has 4 heteroatoms. The van der Waals surface area contributed by atoms with E-state index in [0.717, 1.165) is 24.4 Å².